The summed E-state index contributed by atoms with van der Waals surface area (Å²) in [7, 11) is -3.71. The predicted molar refractivity (Wildman–Crippen MR) is 92.6 cm³/mol. The van der Waals surface area contributed by atoms with E-state index in [-0.39, 0.29) is 16.4 Å². The molecule has 1 saturated heterocycles. The van der Waals surface area contributed by atoms with E-state index < -0.39 is 15.9 Å². The van der Waals surface area contributed by atoms with E-state index in [2.05, 4.69) is 0 Å². The third-order valence-corrected chi connectivity index (χ3v) is 7.33. The molecule has 2 saturated carbocycles. The molecular weight excluding hydrogens is 340 g/mol. The van der Waals surface area contributed by atoms with Crippen LogP contribution in [0.15, 0.2) is 29.2 Å². The number of ether oxygens (including phenoxy) is 2. The van der Waals surface area contributed by atoms with E-state index in [1.54, 1.807) is 24.3 Å². The van der Waals surface area contributed by atoms with Crippen LogP contribution in [0.25, 0.3) is 0 Å². The molecule has 1 unspecified atom stereocenters. The Bertz CT molecular complexity index is 721. The van der Waals surface area contributed by atoms with Crippen molar-refractivity contribution in [3.63, 3.8) is 0 Å². The van der Waals surface area contributed by atoms with Crippen molar-refractivity contribution in [1.29, 1.82) is 0 Å². The van der Waals surface area contributed by atoms with Gasteiger partial charge in [-0.15, -0.1) is 0 Å². The molecule has 1 heterocycles. The fourth-order valence-electron chi connectivity index (χ4n) is 4.79. The van der Waals surface area contributed by atoms with Gasteiger partial charge in [0, 0.05) is 12.8 Å². The normalized spacial score (nSPS) is 31.8. The molecule has 0 aromatic heterocycles. The van der Waals surface area contributed by atoms with Crippen molar-refractivity contribution < 1.29 is 22.1 Å². The summed E-state index contributed by atoms with van der Waals surface area (Å²) in [6.07, 6.45) is 6.27. The van der Waals surface area contributed by atoms with Gasteiger partial charge in [0.15, 0.2) is 5.79 Å². The molecule has 2 atom stereocenters. The number of rotatable bonds is 3. The minimum atomic E-state index is -3.71. The Balaban J connectivity index is 1.44. The van der Waals surface area contributed by atoms with Gasteiger partial charge in [-0.25, -0.2) is 0 Å². The standard InChI is InChI=1S/C19H26O5S/c1-15-3-5-17(6-4-15)25(20,21)24-16-7-10-18(13-16)8-2-9-19(14-18)22-11-12-23-19/h3-6,16H,2,7-14H2,1H3/t16?,18-/m1/s1. The van der Waals surface area contributed by atoms with Crippen molar-refractivity contribution in [2.45, 2.75) is 68.7 Å². The predicted octanol–water partition coefficient (Wildman–Crippen LogP) is 3.56. The van der Waals surface area contributed by atoms with Crippen LogP contribution in [0.5, 0.6) is 0 Å². The van der Waals surface area contributed by atoms with Crippen LogP contribution < -0.4 is 0 Å². The molecule has 4 rings (SSSR count). The van der Waals surface area contributed by atoms with E-state index in [0.717, 1.165) is 50.5 Å². The molecule has 1 aliphatic heterocycles. The maximum Gasteiger partial charge on any atom is 0.297 e. The molecule has 0 bridgehead atoms. The minimum absolute atomic E-state index is 0.0933. The second-order valence-corrected chi connectivity index (χ2v) is 9.44. The Morgan fingerprint density at radius 2 is 1.80 bits per heavy atom. The molecule has 5 nitrogen and oxygen atoms in total. The summed E-state index contributed by atoms with van der Waals surface area (Å²) in [5.41, 5.74) is 1.12. The lowest BCUT2D eigenvalue weighted by Gasteiger charge is -2.43. The summed E-state index contributed by atoms with van der Waals surface area (Å²) < 4.78 is 42.5. The number of hydrogen-bond donors (Lipinski definition) is 0. The first-order valence-corrected chi connectivity index (χ1v) is 10.6. The lowest BCUT2D eigenvalue weighted by molar-refractivity contribution is -0.202. The fraction of sp³-hybridized carbons (Fsp3) is 0.684. The van der Waals surface area contributed by atoms with Crippen LogP contribution >= 0.6 is 0 Å². The first-order valence-electron chi connectivity index (χ1n) is 9.18. The zero-order valence-corrected chi connectivity index (χ0v) is 15.5. The van der Waals surface area contributed by atoms with Gasteiger partial charge in [-0.2, -0.15) is 8.42 Å². The van der Waals surface area contributed by atoms with E-state index >= 15 is 0 Å². The SMILES string of the molecule is Cc1ccc(S(=O)(=O)OC2CC[C@]3(CCCC4(C3)OCCO4)C2)cc1. The van der Waals surface area contributed by atoms with Gasteiger partial charge in [0.1, 0.15) is 0 Å². The lowest BCUT2D eigenvalue weighted by atomic mass is 9.70. The molecule has 2 spiro atoms. The van der Waals surface area contributed by atoms with E-state index in [4.69, 9.17) is 13.7 Å². The van der Waals surface area contributed by atoms with Gasteiger partial charge in [-0.05, 0) is 56.6 Å². The highest BCUT2D eigenvalue weighted by molar-refractivity contribution is 7.86. The second kappa shape index (κ2) is 6.34. The lowest BCUT2D eigenvalue weighted by Crippen LogP contribution is -2.41. The fourth-order valence-corrected chi connectivity index (χ4v) is 5.89. The van der Waals surface area contributed by atoms with Gasteiger partial charge in [0.25, 0.3) is 10.1 Å². The molecule has 1 aromatic carbocycles. The van der Waals surface area contributed by atoms with Crippen LogP contribution in [0.4, 0.5) is 0 Å². The highest BCUT2D eigenvalue weighted by atomic mass is 32.2. The maximum atomic E-state index is 12.5. The first-order chi connectivity index (χ1) is 11.9. The van der Waals surface area contributed by atoms with Gasteiger partial charge < -0.3 is 9.47 Å². The van der Waals surface area contributed by atoms with Crippen molar-refractivity contribution in [2.24, 2.45) is 5.41 Å². The molecule has 0 radical (unpaired) electrons. The molecular formula is C19H26O5S. The summed E-state index contributed by atoms with van der Waals surface area (Å²) in [5, 5.41) is 0. The van der Waals surface area contributed by atoms with Gasteiger partial charge in [0.05, 0.1) is 24.2 Å². The van der Waals surface area contributed by atoms with Crippen molar-refractivity contribution in [3.05, 3.63) is 29.8 Å². The molecule has 138 valence electrons. The van der Waals surface area contributed by atoms with Crippen molar-refractivity contribution in [3.8, 4) is 0 Å². The van der Waals surface area contributed by atoms with Crippen molar-refractivity contribution in [2.75, 3.05) is 13.2 Å². The van der Waals surface area contributed by atoms with Crippen LogP contribution in [-0.4, -0.2) is 33.5 Å². The molecule has 25 heavy (non-hydrogen) atoms. The summed E-state index contributed by atoms with van der Waals surface area (Å²) >= 11 is 0. The van der Waals surface area contributed by atoms with E-state index in [0.29, 0.717) is 13.2 Å². The van der Waals surface area contributed by atoms with Gasteiger partial charge >= 0.3 is 0 Å². The van der Waals surface area contributed by atoms with Gasteiger partial charge in [0.2, 0.25) is 0 Å². The smallest absolute Gasteiger partial charge is 0.297 e. The summed E-state index contributed by atoms with van der Waals surface area (Å²) in [6.45, 7) is 3.26. The zero-order chi connectivity index (χ0) is 17.5. The molecule has 0 N–H and O–H groups in total. The van der Waals surface area contributed by atoms with Crippen LogP contribution in [-0.2, 0) is 23.8 Å². The third-order valence-electron chi connectivity index (χ3n) is 5.95. The Morgan fingerprint density at radius 3 is 2.52 bits per heavy atom. The highest BCUT2D eigenvalue weighted by Crippen LogP contribution is 2.54. The average molecular weight is 366 g/mol. The Hall–Kier alpha value is -0.950. The summed E-state index contributed by atoms with van der Waals surface area (Å²) in [6, 6.07) is 6.83. The quantitative estimate of drug-likeness (QED) is 0.766. The molecule has 1 aromatic rings. The Labute approximate surface area is 149 Å². The first kappa shape index (κ1) is 17.5. The zero-order valence-electron chi connectivity index (χ0n) is 14.7. The minimum Gasteiger partial charge on any atom is -0.348 e. The van der Waals surface area contributed by atoms with Crippen molar-refractivity contribution >= 4 is 10.1 Å². The van der Waals surface area contributed by atoms with E-state index in [1.165, 1.54) is 0 Å². The number of hydrogen-bond acceptors (Lipinski definition) is 5. The molecule has 3 aliphatic rings. The summed E-state index contributed by atoms with van der Waals surface area (Å²) in [5.74, 6) is -0.428. The average Bonchev–Trinajstić information content (AvgIpc) is 3.15. The van der Waals surface area contributed by atoms with Crippen LogP contribution in [0.2, 0.25) is 0 Å². The van der Waals surface area contributed by atoms with Gasteiger partial charge in [-0.1, -0.05) is 17.7 Å². The van der Waals surface area contributed by atoms with E-state index in [9.17, 15) is 8.42 Å². The van der Waals surface area contributed by atoms with Crippen LogP contribution in [0.3, 0.4) is 0 Å². The van der Waals surface area contributed by atoms with Crippen LogP contribution in [0.1, 0.15) is 50.5 Å². The maximum absolute atomic E-state index is 12.5. The number of aryl methyl sites for hydroxylation is 1. The molecule has 6 heteroatoms. The van der Waals surface area contributed by atoms with Crippen molar-refractivity contribution in [1.82, 2.24) is 0 Å². The highest BCUT2D eigenvalue weighted by Gasteiger charge is 2.52. The molecule has 0 amide bonds. The Morgan fingerprint density at radius 1 is 1.08 bits per heavy atom. The summed E-state index contributed by atoms with van der Waals surface area (Å²) in [4.78, 5) is 0.238. The van der Waals surface area contributed by atoms with Gasteiger partial charge in [-0.3, -0.25) is 4.18 Å². The second-order valence-electron chi connectivity index (χ2n) is 7.87. The Kier molecular flexibility index (Phi) is 4.43. The van der Waals surface area contributed by atoms with E-state index in [1.807, 2.05) is 6.92 Å². The number of benzene rings is 1. The molecule has 2 aliphatic carbocycles. The monoisotopic (exact) mass is 366 g/mol. The topological polar surface area (TPSA) is 61.8 Å². The third kappa shape index (κ3) is 3.50. The molecule has 3 fully saturated rings. The van der Waals surface area contributed by atoms with Crippen LogP contribution in [0, 0.1) is 12.3 Å². The largest absolute Gasteiger partial charge is 0.348 e.